The van der Waals surface area contributed by atoms with Gasteiger partial charge in [-0.2, -0.15) is 8.78 Å². The van der Waals surface area contributed by atoms with E-state index in [0.29, 0.717) is 11.3 Å². The van der Waals surface area contributed by atoms with E-state index < -0.39 is 24.0 Å². The molecule has 31 heavy (non-hydrogen) atoms. The molecule has 0 radical (unpaired) electrons. The minimum atomic E-state index is -3.27. The highest BCUT2D eigenvalue weighted by atomic mass is 19.3. The van der Waals surface area contributed by atoms with E-state index in [1.165, 1.54) is 51.4 Å². The normalized spacial score (nSPS) is 26.3. The van der Waals surface area contributed by atoms with Gasteiger partial charge in [-0.1, -0.05) is 57.2 Å². The number of halogens is 4. The number of benzene rings is 2. The molecule has 0 aliphatic heterocycles. The van der Waals surface area contributed by atoms with Gasteiger partial charge >= 0.3 is 6.61 Å². The third-order valence-electron chi connectivity index (χ3n) is 7.63. The fraction of sp³-hybridized carbons (Fsp3) is 0.615. The molecule has 2 aliphatic rings. The highest BCUT2D eigenvalue weighted by Gasteiger charge is 2.35. The van der Waals surface area contributed by atoms with Crippen LogP contribution in [-0.4, -0.2) is 6.61 Å². The second-order valence-corrected chi connectivity index (χ2v) is 9.57. The SMILES string of the molecule is CCCCCC1CCC2CC(c3ccc4c(F)c(OC(F)F)c(F)cc4c3)CCC2C1. The van der Waals surface area contributed by atoms with E-state index in [9.17, 15) is 17.6 Å². The molecule has 5 heteroatoms. The minimum Gasteiger partial charge on any atom is -0.429 e. The van der Waals surface area contributed by atoms with E-state index >= 15 is 0 Å². The topological polar surface area (TPSA) is 9.23 Å². The summed E-state index contributed by atoms with van der Waals surface area (Å²) < 4.78 is 57.7. The lowest BCUT2D eigenvalue weighted by atomic mass is 9.63. The lowest BCUT2D eigenvalue weighted by molar-refractivity contribution is -0.0544. The van der Waals surface area contributed by atoms with Crippen LogP contribution in [0.3, 0.4) is 0 Å². The van der Waals surface area contributed by atoms with Gasteiger partial charge in [0.1, 0.15) is 0 Å². The molecular formula is C26H32F4O. The van der Waals surface area contributed by atoms with Crippen LogP contribution in [0.4, 0.5) is 17.6 Å². The van der Waals surface area contributed by atoms with E-state index in [4.69, 9.17) is 0 Å². The second kappa shape index (κ2) is 9.79. The van der Waals surface area contributed by atoms with Gasteiger partial charge in [0.2, 0.25) is 0 Å². The maximum atomic E-state index is 14.5. The van der Waals surface area contributed by atoms with Crippen LogP contribution in [0.25, 0.3) is 10.8 Å². The summed E-state index contributed by atoms with van der Waals surface area (Å²) in [6.45, 7) is -1.01. The van der Waals surface area contributed by atoms with Gasteiger partial charge in [-0.05, 0) is 72.8 Å². The molecule has 0 spiro atoms. The summed E-state index contributed by atoms with van der Waals surface area (Å²) in [6, 6.07) is 6.38. The Labute approximate surface area is 182 Å². The van der Waals surface area contributed by atoms with Crippen molar-refractivity contribution in [2.75, 3.05) is 0 Å². The van der Waals surface area contributed by atoms with Gasteiger partial charge in [-0.15, -0.1) is 0 Å². The summed E-state index contributed by atoms with van der Waals surface area (Å²) in [6.07, 6.45) is 12.8. The maximum absolute atomic E-state index is 14.5. The van der Waals surface area contributed by atoms with Gasteiger partial charge in [0.05, 0.1) is 0 Å². The van der Waals surface area contributed by atoms with Crippen molar-refractivity contribution >= 4 is 10.8 Å². The monoisotopic (exact) mass is 436 g/mol. The van der Waals surface area contributed by atoms with E-state index in [-0.39, 0.29) is 5.39 Å². The van der Waals surface area contributed by atoms with Gasteiger partial charge in [0.15, 0.2) is 17.4 Å². The number of hydrogen-bond acceptors (Lipinski definition) is 1. The van der Waals surface area contributed by atoms with Crippen LogP contribution in [-0.2, 0) is 0 Å². The zero-order chi connectivity index (χ0) is 22.0. The van der Waals surface area contributed by atoms with Gasteiger partial charge < -0.3 is 4.74 Å². The van der Waals surface area contributed by atoms with Gasteiger partial charge in [0, 0.05) is 5.39 Å². The Hall–Kier alpha value is -1.78. The van der Waals surface area contributed by atoms with Crippen LogP contribution in [0.15, 0.2) is 24.3 Å². The van der Waals surface area contributed by atoms with Gasteiger partial charge in [-0.3, -0.25) is 0 Å². The molecule has 4 rings (SSSR count). The predicted octanol–water partition coefficient (Wildman–Crippen LogP) is 8.60. The first kappa shape index (κ1) is 22.4. The summed E-state index contributed by atoms with van der Waals surface area (Å²) >= 11 is 0. The largest absolute Gasteiger partial charge is 0.429 e. The molecule has 0 N–H and O–H groups in total. The zero-order valence-electron chi connectivity index (χ0n) is 18.2. The number of alkyl halides is 2. The molecule has 2 saturated carbocycles. The Balaban J connectivity index is 1.45. The van der Waals surface area contributed by atoms with Crippen LogP contribution < -0.4 is 4.74 Å². The van der Waals surface area contributed by atoms with Crippen molar-refractivity contribution < 1.29 is 22.3 Å². The van der Waals surface area contributed by atoms with E-state index in [2.05, 4.69) is 11.7 Å². The van der Waals surface area contributed by atoms with Crippen LogP contribution in [0, 0.1) is 29.4 Å². The Morgan fingerprint density at radius 1 is 0.968 bits per heavy atom. The Morgan fingerprint density at radius 3 is 2.52 bits per heavy atom. The Morgan fingerprint density at radius 2 is 1.74 bits per heavy atom. The van der Waals surface area contributed by atoms with Crippen molar-refractivity contribution in [3.8, 4) is 5.75 Å². The van der Waals surface area contributed by atoms with Crippen LogP contribution in [0.2, 0.25) is 0 Å². The minimum absolute atomic E-state index is 0.113. The molecule has 2 aromatic carbocycles. The molecular weight excluding hydrogens is 404 g/mol. The number of hydrogen-bond donors (Lipinski definition) is 0. The number of unbranched alkanes of at least 4 members (excludes halogenated alkanes) is 2. The zero-order valence-corrected chi connectivity index (χ0v) is 18.2. The summed E-state index contributed by atoms with van der Waals surface area (Å²) in [5.74, 6) is -0.315. The molecule has 4 atom stereocenters. The summed E-state index contributed by atoms with van der Waals surface area (Å²) in [5.41, 5.74) is 1.09. The molecule has 0 saturated heterocycles. The molecule has 2 aliphatic carbocycles. The van der Waals surface area contributed by atoms with Gasteiger partial charge in [0.25, 0.3) is 0 Å². The molecule has 0 bridgehead atoms. The lowest BCUT2D eigenvalue weighted by Crippen LogP contribution is -2.30. The molecule has 170 valence electrons. The smallest absolute Gasteiger partial charge is 0.387 e. The first-order valence-electron chi connectivity index (χ1n) is 11.8. The van der Waals surface area contributed by atoms with Crippen molar-refractivity contribution in [3.63, 3.8) is 0 Å². The first-order valence-corrected chi connectivity index (χ1v) is 11.8. The third kappa shape index (κ3) is 5.01. The van der Waals surface area contributed by atoms with Crippen molar-refractivity contribution in [3.05, 3.63) is 41.5 Å². The van der Waals surface area contributed by atoms with Crippen LogP contribution >= 0.6 is 0 Å². The summed E-state index contributed by atoms with van der Waals surface area (Å²) in [5, 5.41) is 0.512. The van der Waals surface area contributed by atoms with Gasteiger partial charge in [-0.25, -0.2) is 8.78 Å². The fourth-order valence-corrected chi connectivity index (χ4v) is 6.02. The molecule has 0 amide bonds. The first-order chi connectivity index (χ1) is 15.0. The van der Waals surface area contributed by atoms with Crippen LogP contribution in [0.1, 0.15) is 82.6 Å². The average Bonchev–Trinajstić information content (AvgIpc) is 2.76. The fourth-order valence-electron chi connectivity index (χ4n) is 6.02. The van der Waals surface area contributed by atoms with Crippen molar-refractivity contribution in [2.24, 2.45) is 17.8 Å². The molecule has 0 heterocycles. The van der Waals surface area contributed by atoms with Crippen molar-refractivity contribution in [1.82, 2.24) is 0 Å². The highest BCUT2D eigenvalue weighted by Crippen LogP contribution is 2.48. The number of fused-ring (bicyclic) bond motifs is 2. The molecule has 2 fully saturated rings. The lowest BCUT2D eigenvalue weighted by Gasteiger charge is -2.42. The third-order valence-corrected chi connectivity index (χ3v) is 7.63. The van der Waals surface area contributed by atoms with E-state index in [0.717, 1.165) is 42.2 Å². The summed E-state index contributed by atoms with van der Waals surface area (Å²) in [4.78, 5) is 0. The van der Waals surface area contributed by atoms with Crippen LogP contribution in [0.5, 0.6) is 5.75 Å². The molecule has 4 unspecified atom stereocenters. The standard InChI is InChI=1S/C26H32F4O/c1-2-3-4-5-16-6-7-18-13-19(9-8-17(18)12-16)20-10-11-22-21(14-20)15-23(27)25(24(22)28)31-26(29)30/h10-11,14-19,26H,2-9,12-13H2,1H3. The predicted molar refractivity (Wildman–Crippen MR) is 116 cm³/mol. The van der Waals surface area contributed by atoms with E-state index in [1.807, 2.05) is 12.1 Å². The average molecular weight is 437 g/mol. The summed E-state index contributed by atoms with van der Waals surface area (Å²) in [7, 11) is 0. The molecule has 1 nitrogen and oxygen atoms in total. The maximum Gasteiger partial charge on any atom is 0.387 e. The van der Waals surface area contributed by atoms with E-state index in [1.54, 1.807) is 6.07 Å². The Bertz CT molecular complexity index is 897. The van der Waals surface area contributed by atoms with Crippen molar-refractivity contribution in [2.45, 2.75) is 83.7 Å². The van der Waals surface area contributed by atoms with Crippen molar-refractivity contribution in [1.29, 1.82) is 0 Å². The highest BCUT2D eigenvalue weighted by molar-refractivity contribution is 5.85. The molecule has 0 aromatic heterocycles. The second-order valence-electron chi connectivity index (χ2n) is 9.57. The number of rotatable bonds is 7. The molecule has 2 aromatic rings. The number of ether oxygens (including phenoxy) is 1. The Kier molecular flexibility index (Phi) is 7.08. The quantitative estimate of drug-likeness (QED) is 0.312.